The molecule has 0 heterocycles. The molecule has 190 valence electrons. The summed E-state index contributed by atoms with van der Waals surface area (Å²) in [4.78, 5) is 12.2. The van der Waals surface area contributed by atoms with Crippen LogP contribution in [0.3, 0.4) is 0 Å². The molecule has 0 aromatic heterocycles. The zero-order valence-electron chi connectivity index (χ0n) is 19.6. The zero-order valence-corrected chi connectivity index (χ0v) is 24.3. The summed E-state index contributed by atoms with van der Waals surface area (Å²) in [5.41, 5.74) is 0.527. The Morgan fingerprint density at radius 2 is 1.67 bits per heavy atom. The molecule has 1 saturated carbocycles. The van der Waals surface area contributed by atoms with Gasteiger partial charge in [-0.05, 0) is 48.2 Å². The number of nitrogens with zero attached hydrogens (tertiary/aromatic N) is 1. The van der Waals surface area contributed by atoms with E-state index in [1.165, 1.54) is 30.3 Å². The molecule has 0 spiro atoms. The van der Waals surface area contributed by atoms with Crippen LogP contribution in [0.4, 0.5) is 32.0 Å². The van der Waals surface area contributed by atoms with E-state index < -0.39 is 36.3 Å². The van der Waals surface area contributed by atoms with Crippen molar-refractivity contribution >= 4 is 40.9 Å². The molecule has 1 atom stereocenters. The minimum Gasteiger partial charge on any atom is -0.671 e. The van der Waals surface area contributed by atoms with E-state index in [-0.39, 0.29) is 67.0 Å². The number of benzene rings is 2. The van der Waals surface area contributed by atoms with E-state index in [1.54, 1.807) is 19.9 Å². The second-order valence-corrected chi connectivity index (χ2v) is 9.29. The van der Waals surface area contributed by atoms with Gasteiger partial charge in [-0.25, -0.2) is 0 Å². The number of nitrogens with one attached hydrogen (secondary N) is 1. The van der Waals surface area contributed by atoms with Crippen LogP contribution < -0.4 is 56.7 Å². The number of rotatable bonds is 7. The summed E-state index contributed by atoms with van der Waals surface area (Å²) in [5.74, 6) is -2.75. The van der Waals surface area contributed by atoms with Crippen molar-refractivity contribution in [3.05, 3.63) is 74.0 Å². The second kappa shape index (κ2) is 12.0. The van der Waals surface area contributed by atoms with Crippen LogP contribution in [0.2, 0.25) is 10.0 Å². The van der Waals surface area contributed by atoms with Gasteiger partial charge in [0.1, 0.15) is 6.54 Å². The molecular formula is C24H21Cl2F6KN2O. The van der Waals surface area contributed by atoms with Gasteiger partial charge in [0.05, 0.1) is 5.92 Å². The number of allylic oxidation sites excluding steroid dienone is 1. The summed E-state index contributed by atoms with van der Waals surface area (Å²) < 4.78 is 78.5. The molecule has 12 heteroatoms. The Morgan fingerprint density at radius 1 is 1.08 bits per heavy atom. The van der Waals surface area contributed by atoms with Crippen molar-refractivity contribution in [3.8, 4) is 0 Å². The molecule has 36 heavy (non-hydrogen) atoms. The quantitative estimate of drug-likeness (QED) is 0.358. The topological polar surface area (TPSA) is 43.2 Å². The third-order valence-electron chi connectivity index (χ3n) is 5.65. The molecule has 0 bridgehead atoms. The zero-order chi connectivity index (χ0) is 26.2. The van der Waals surface area contributed by atoms with Crippen LogP contribution in [0.15, 0.2) is 36.4 Å². The first-order chi connectivity index (χ1) is 16.1. The van der Waals surface area contributed by atoms with Crippen molar-refractivity contribution < 1.29 is 82.5 Å². The largest absolute Gasteiger partial charge is 1.00 e. The third kappa shape index (κ3) is 8.12. The third-order valence-corrected chi connectivity index (χ3v) is 6.43. The first-order valence-electron chi connectivity index (χ1n) is 10.5. The Labute approximate surface area is 257 Å². The number of hydrogen-bond donors (Lipinski definition) is 1. The molecule has 3 rings (SSSR count). The monoisotopic (exact) mass is 576 g/mol. The van der Waals surface area contributed by atoms with Crippen molar-refractivity contribution in [2.45, 2.75) is 50.5 Å². The van der Waals surface area contributed by atoms with Gasteiger partial charge in [-0.3, -0.25) is 4.79 Å². The number of carbonyl (C=O) groups is 1. The molecule has 0 saturated heterocycles. The van der Waals surface area contributed by atoms with E-state index in [1.807, 2.05) is 5.32 Å². The van der Waals surface area contributed by atoms with Gasteiger partial charge in [-0.2, -0.15) is 26.3 Å². The van der Waals surface area contributed by atoms with Crippen LogP contribution in [-0.2, 0) is 4.79 Å². The Morgan fingerprint density at radius 3 is 2.14 bits per heavy atom. The Balaban J connectivity index is 0.00000456. The fourth-order valence-electron chi connectivity index (χ4n) is 3.45. The fraction of sp³-hybridized carbons (Fsp3) is 0.375. The maximum Gasteiger partial charge on any atom is 1.00 e. The van der Waals surface area contributed by atoms with Crippen molar-refractivity contribution in [3.63, 3.8) is 0 Å². The first-order valence-corrected chi connectivity index (χ1v) is 11.3. The Hall–Kier alpha value is -0.754. The van der Waals surface area contributed by atoms with Crippen LogP contribution in [0.25, 0.3) is 11.4 Å². The molecule has 2 aromatic rings. The SMILES string of the molecule is Cc1cc(/C=C/C(c2cc(Cl)c(C)c(Cl)c2)C(F)(F)F)ccc1[N-]C1(C(=O)NCC(F)(F)F)CC1.[K+]. The van der Waals surface area contributed by atoms with Gasteiger partial charge in [0.25, 0.3) is 0 Å². The van der Waals surface area contributed by atoms with Gasteiger partial charge < -0.3 is 10.6 Å². The van der Waals surface area contributed by atoms with Crippen LogP contribution in [0.5, 0.6) is 0 Å². The minimum absolute atomic E-state index is 0. The number of hydrogen-bond acceptors (Lipinski definition) is 1. The Bertz CT molecular complexity index is 1120. The summed E-state index contributed by atoms with van der Waals surface area (Å²) in [7, 11) is 0. The number of alkyl halides is 6. The molecule has 2 aromatic carbocycles. The van der Waals surface area contributed by atoms with Gasteiger partial charge in [-0.1, -0.05) is 72.0 Å². The first kappa shape index (κ1) is 31.5. The summed E-state index contributed by atoms with van der Waals surface area (Å²) in [5, 5.41) is 6.46. The summed E-state index contributed by atoms with van der Waals surface area (Å²) in [6.45, 7) is 1.82. The van der Waals surface area contributed by atoms with Crippen LogP contribution in [0, 0.1) is 13.8 Å². The average molecular weight is 577 g/mol. The van der Waals surface area contributed by atoms with Gasteiger partial charge >= 0.3 is 63.7 Å². The molecule has 1 amide bonds. The smallest absolute Gasteiger partial charge is 0.671 e. The average Bonchev–Trinajstić information content (AvgIpc) is 3.51. The number of amides is 1. The number of halogens is 8. The molecule has 3 nitrogen and oxygen atoms in total. The van der Waals surface area contributed by atoms with Crippen molar-refractivity contribution in [1.82, 2.24) is 5.32 Å². The summed E-state index contributed by atoms with van der Waals surface area (Å²) in [6.07, 6.45) is -6.20. The Kier molecular flexibility index (Phi) is 10.5. The van der Waals surface area contributed by atoms with Gasteiger partial charge in [0, 0.05) is 10.0 Å². The second-order valence-electron chi connectivity index (χ2n) is 8.48. The van der Waals surface area contributed by atoms with Crippen LogP contribution in [0.1, 0.15) is 41.0 Å². The maximum absolute atomic E-state index is 13.8. The summed E-state index contributed by atoms with van der Waals surface area (Å²) >= 11 is 12.0. The molecule has 1 aliphatic rings. The summed E-state index contributed by atoms with van der Waals surface area (Å²) in [6, 6.07) is 7.10. The standard InChI is InChI=1S/C24H21Cl2F6N2O.K/c1-13-9-15(3-5-17(24(30,31)32)16-10-18(25)14(2)19(26)11-16)4-6-20(13)34-22(7-8-22)21(35)33-12-23(27,28)29;/h3-6,9-11,17H,7-8,12H2,1-2H3,(H,33,35);/q-1;+1/b5-3+;. The van der Waals surface area contributed by atoms with E-state index in [2.05, 4.69) is 5.32 Å². The van der Waals surface area contributed by atoms with Gasteiger partial charge in [0.15, 0.2) is 0 Å². The molecule has 0 aliphatic heterocycles. The predicted molar refractivity (Wildman–Crippen MR) is 124 cm³/mol. The molecule has 1 unspecified atom stereocenters. The fourth-order valence-corrected chi connectivity index (χ4v) is 3.96. The van der Waals surface area contributed by atoms with E-state index in [0.717, 1.165) is 6.08 Å². The van der Waals surface area contributed by atoms with Crippen LogP contribution in [-0.4, -0.2) is 30.3 Å². The molecule has 1 N–H and O–H groups in total. The molecule has 0 radical (unpaired) electrons. The predicted octanol–water partition coefficient (Wildman–Crippen LogP) is 5.19. The van der Waals surface area contributed by atoms with Crippen molar-refractivity contribution in [2.24, 2.45) is 0 Å². The molecular weight excluding hydrogens is 556 g/mol. The van der Waals surface area contributed by atoms with E-state index in [0.29, 0.717) is 35.2 Å². The molecule has 1 aliphatic carbocycles. The number of aryl methyl sites for hydroxylation is 1. The van der Waals surface area contributed by atoms with Crippen LogP contribution >= 0.6 is 23.2 Å². The van der Waals surface area contributed by atoms with E-state index in [4.69, 9.17) is 23.2 Å². The minimum atomic E-state index is -4.59. The maximum atomic E-state index is 13.8. The van der Waals surface area contributed by atoms with E-state index in [9.17, 15) is 31.1 Å². The normalized spacial score (nSPS) is 15.8. The number of carbonyl (C=O) groups excluding carboxylic acids is 1. The van der Waals surface area contributed by atoms with Gasteiger partial charge in [-0.15, -0.1) is 5.69 Å². The molecule has 1 fully saturated rings. The van der Waals surface area contributed by atoms with Crippen molar-refractivity contribution in [1.29, 1.82) is 0 Å². The van der Waals surface area contributed by atoms with Gasteiger partial charge in [0.2, 0.25) is 5.91 Å². The van der Waals surface area contributed by atoms with Crippen molar-refractivity contribution in [2.75, 3.05) is 6.54 Å². The van der Waals surface area contributed by atoms with E-state index >= 15 is 0 Å².